The number of rotatable bonds is 1. The maximum absolute atomic E-state index is 13.5. The van der Waals surface area contributed by atoms with Gasteiger partial charge in [-0.15, -0.1) is 0 Å². The van der Waals surface area contributed by atoms with E-state index < -0.39 is 0 Å². The molecule has 0 saturated carbocycles. The monoisotopic (exact) mass is 313 g/mol. The summed E-state index contributed by atoms with van der Waals surface area (Å²) in [6.07, 6.45) is 4.41. The van der Waals surface area contributed by atoms with Crippen LogP contribution in [0.5, 0.6) is 0 Å². The van der Waals surface area contributed by atoms with Gasteiger partial charge in [-0.25, -0.2) is 4.39 Å². The van der Waals surface area contributed by atoms with E-state index in [1.165, 1.54) is 18.9 Å². The summed E-state index contributed by atoms with van der Waals surface area (Å²) in [7, 11) is 0. The molecular formula is C14H17BrFNO. The van der Waals surface area contributed by atoms with Crippen LogP contribution in [0.3, 0.4) is 0 Å². The van der Waals surface area contributed by atoms with Crippen molar-refractivity contribution in [3.63, 3.8) is 0 Å². The molecule has 1 fully saturated rings. The molecule has 0 aliphatic carbocycles. The predicted molar refractivity (Wildman–Crippen MR) is 73.1 cm³/mol. The number of halogens is 2. The van der Waals surface area contributed by atoms with E-state index in [9.17, 15) is 9.18 Å². The molecule has 1 aromatic rings. The molecule has 0 bridgehead atoms. The lowest BCUT2D eigenvalue weighted by Gasteiger charge is -2.27. The summed E-state index contributed by atoms with van der Waals surface area (Å²) < 4.78 is 13.9. The van der Waals surface area contributed by atoms with Gasteiger partial charge in [-0.1, -0.05) is 12.8 Å². The highest BCUT2D eigenvalue weighted by molar-refractivity contribution is 9.10. The third-order valence-corrected chi connectivity index (χ3v) is 4.12. The highest BCUT2D eigenvalue weighted by Gasteiger charge is 2.23. The summed E-state index contributed by atoms with van der Waals surface area (Å²) in [6, 6.07) is 4.81. The summed E-state index contributed by atoms with van der Waals surface area (Å²) in [5.74, 6) is -0.445. The molecule has 0 N–H and O–H groups in total. The first kappa shape index (κ1) is 13.5. The molecule has 0 spiro atoms. The second-order valence-corrected chi connectivity index (χ2v) is 5.68. The second-order valence-electron chi connectivity index (χ2n) is 4.83. The van der Waals surface area contributed by atoms with Gasteiger partial charge >= 0.3 is 0 Å². The lowest BCUT2D eigenvalue weighted by atomic mass is 10.1. The topological polar surface area (TPSA) is 20.3 Å². The van der Waals surface area contributed by atoms with Crippen LogP contribution in [0.2, 0.25) is 0 Å². The Bertz CT molecular complexity index is 449. The van der Waals surface area contributed by atoms with Crippen LogP contribution >= 0.6 is 15.9 Å². The molecule has 1 aromatic carbocycles. The van der Waals surface area contributed by atoms with Crippen LogP contribution in [0.1, 0.15) is 43.0 Å². The first-order chi connectivity index (χ1) is 8.59. The molecular weight excluding hydrogens is 297 g/mol. The lowest BCUT2D eigenvalue weighted by Crippen LogP contribution is -2.38. The van der Waals surface area contributed by atoms with Crippen molar-refractivity contribution in [3.05, 3.63) is 34.1 Å². The van der Waals surface area contributed by atoms with Crippen molar-refractivity contribution in [1.82, 2.24) is 4.90 Å². The van der Waals surface area contributed by atoms with Crippen LogP contribution in [0, 0.1) is 5.82 Å². The average molecular weight is 314 g/mol. The van der Waals surface area contributed by atoms with E-state index in [2.05, 4.69) is 22.9 Å². The van der Waals surface area contributed by atoms with E-state index in [4.69, 9.17) is 0 Å². The number of carbonyl (C=O) groups excluding carboxylic acids is 1. The zero-order valence-electron chi connectivity index (χ0n) is 10.5. The molecule has 18 heavy (non-hydrogen) atoms. The van der Waals surface area contributed by atoms with Gasteiger partial charge in [0.1, 0.15) is 5.82 Å². The highest BCUT2D eigenvalue weighted by Crippen LogP contribution is 2.21. The van der Waals surface area contributed by atoms with E-state index in [1.54, 1.807) is 12.1 Å². The average Bonchev–Trinajstić information content (AvgIpc) is 2.56. The Morgan fingerprint density at radius 2 is 2.17 bits per heavy atom. The van der Waals surface area contributed by atoms with Crippen molar-refractivity contribution in [1.29, 1.82) is 0 Å². The molecule has 0 aromatic heterocycles. The zero-order valence-corrected chi connectivity index (χ0v) is 12.0. The van der Waals surface area contributed by atoms with Gasteiger partial charge in [-0.2, -0.15) is 0 Å². The van der Waals surface area contributed by atoms with Crippen molar-refractivity contribution in [2.45, 2.75) is 38.6 Å². The van der Waals surface area contributed by atoms with Gasteiger partial charge in [0.25, 0.3) is 5.91 Å². The fourth-order valence-corrected chi connectivity index (χ4v) is 2.62. The Morgan fingerprint density at radius 3 is 2.89 bits per heavy atom. The molecule has 0 radical (unpaired) electrons. The van der Waals surface area contributed by atoms with Gasteiger partial charge in [0.2, 0.25) is 0 Å². The van der Waals surface area contributed by atoms with Crippen molar-refractivity contribution in [2.75, 3.05) is 6.54 Å². The number of hydrogen-bond acceptors (Lipinski definition) is 1. The molecule has 1 aliphatic rings. The van der Waals surface area contributed by atoms with Crippen LogP contribution in [-0.2, 0) is 0 Å². The first-order valence-electron chi connectivity index (χ1n) is 6.35. The molecule has 1 unspecified atom stereocenters. The highest BCUT2D eigenvalue weighted by atomic mass is 79.9. The van der Waals surface area contributed by atoms with E-state index in [0.29, 0.717) is 10.0 Å². The number of amides is 1. The summed E-state index contributed by atoms with van der Waals surface area (Å²) in [6.45, 7) is 2.84. The lowest BCUT2D eigenvalue weighted by molar-refractivity contribution is 0.0697. The molecule has 1 aliphatic heterocycles. The minimum absolute atomic E-state index is 0.0594. The zero-order chi connectivity index (χ0) is 13.1. The Balaban J connectivity index is 2.21. The second kappa shape index (κ2) is 5.83. The van der Waals surface area contributed by atoms with E-state index >= 15 is 0 Å². The Labute approximate surface area is 115 Å². The fourth-order valence-electron chi connectivity index (χ4n) is 2.37. The largest absolute Gasteiger partial charge is 0.336 e. The molecule has 2 rings (SSSR count). The molecule has 2 nitrogen and oxygen atoms in total. The smallest absolute Gasteiger partial charge is 0.254 e. The molecule has 1 amide bonds. The quantitative estimate of drug-likeness (QED) is 0.767. The van der Waals surface area contributed by atoms with Crippen molar-refractivity contribution in [2.24, 2.45) is 0 Å². The molecule has 1 saturated heterocycles. The number of carbonyl (C=O) groups is 1. The third kappa shape index (κ3) is 2.91. The van der Waals surface area contributed by atoms with E-state index in [0.717, 1.165) is 19.4 Å². The number of hydrogen-bond donors (Lipinski definition) is 0. The Kier molecular flexibility index (Phi) is 4.38. The van der Waals surface area contributed by atoms with E-state index in [1.807, 2.05) is 4.90 Å². The molecule has 1 atom stereocenters. The number of likely N-dealkylation sites (tertiary alicyclic amines) is 1. The van der Waals surface area contributed by atoms with Gasteiger partial charge in [-0.05, 0) is 53.9 Å². The van der Waals surface area contributed by atoms with Gasteiger partial charge in [-0.3, -0.25) is 4.79 Å². The van der Waals surface area contributed by atoms with Crippen molar-refractivity contribution >= 4 is 21.8 Å². The molecule has 1 heterocycles. The van der Waals surface area contributed by atoms with Crippen molar-refractivity contribution in [3.8, 4) is 0 Å². The molecule has 98 valence electrons. The minimum Gasteiger partial charge on any atom is -0.336 e. The summed E-state index contributed by atoms with van der Waals surface area (Å²) in [4.78, 5) is 14.2. The third-order valence-electron chi connectivity index (χ3n) is 3.48. The standard InChI is InChI=1S/C14H17BrFNO/c1-10-5-3-2-4-8-17(10)14(18)11-6-7-12(15)13(16)9-11/h6-7,9-10H,2-5,8H2,1H3. The Hall–Kier alpha value is -0.900. The summed E-state index contributed by atoms with van der Waals surface area (Å²) >= 11 is 3.10. The normalized spacial score (nSPS) is 20.6. The first-order valence-corrected chi connectivity index (χ1v) is 7.15. The number of nitrogens with zero attached hydrogens (tertiary/aromatic N) is 1. The summed E-state index contributed by atoms with van der Waals surface area (Å²) in [5.41, 5.74) is 0.435. The molecule has 4 heteroatoms. The van der Waals surface area contributed by atoms with Gasteiger partial charge in [0, 0.05) is 18.2 Å². The van der Waals surface area contributed by atoms with Crippen LogP contribution in [0.25, 0.3) is 0 Å². The van der Waals surface area contributed by atoms with Gasteiger partial charge in [0.15, 0.2) is 0 Å². The maximum atomic E-state index is 13.5. The van der Waals surface area contributed by atoms with Gasteiger partial charge in [0.05, 0.1) is 4.47 Å². The SMILES string of the molecule is CC1CCCCCN1C(=O)c1ccc(Br)c(F)c1. The summed E-state index contributed by atoms with van der Waals surface area (Å²) in [5, 5.41) is 0. The van der Waals surface area contributed by atoms with Crippen LogP contribution in [0.4, 0.5) is 4.39 Å². The number of benzene rings is 1. The predicted octanol–water partition coefficient (Wildman–Crippen LogP) is 3.99. The Morgan fingerprint density at radius 1 is 1.39 bits per heavy atom. The minimum atomic E-state index is -0.386. The van der Waals surface area contributed by atoms with Gasteiger partial charge < -0.3 is 4.90 Å². The van der Waals surface area contributed by atoms with Crippen molar-refractivity contribution < 1.29 is 9.18 Å². The van der Waals surface area contributed by atoms with Crippen LogP contribution in [-0.4, -0.2) is 23.4 Å². The van der Waals surface area contributed by atoms with Crippen LogP contribution < -0.4 is 0 Å². The maximum Gasteiger partial charge on any atom is 0.254 e. The van der Waals surface area contributed by atoms with E-state index in [-0.39, 0.29) is 17.8 Å². The van der Waals surface area contributed by atoms with Crippen LogP contribution in [0.15, 0.2) is 22.7 Å². The fraction of sp³-hybridized carbons (Fsp3) is 0.500.